The molecule has 0 aliphatic carbocycles. The fourth-order valence-electron chi connectivity index (χ4n) is 2.68. The Morgan fingerprint density at radius 1 is 0.931 bits per heavy atom. The standard InChI is InChI=1S/C21H18Cl2N2O3S/c1-14-6-8-19(9-7-14)25(2)29(27,28)20-5-3-4-15(10-20)21(26)24-18-12-16(22)11-17(23)13-18/h3-13H,1-2H3,(H,24,26). The molecule has 0 bridgehead atoms. The van der Waals surface area contributed by atoms with Gasteiger partial charge in [-0.3, -0.25) is 9.10 Å². The van der Waals surface area contributed by atoms with E-state index in [4.69, 9.17) is 23.2 Å². The zero-order chi connectivity index (χ0) is 21.2. The predicted molar refractivity (Wildman–Crippen MR) is 118 cm³/mol. The number of anilines is 2. The molecule has 0 saturated carbocycles. The first kappa shape index (κ1) is 21.2. The number of nitrogens with one attached hydrogen (secondary N) is 1. The fraction of sp³-hybridized carbons (Fsp3) is 0.0952. The maximum absolute atomic E-state index is 13.0. The van der Waals surface area contributed by atoms with Crippen molar-refractivity contribution >= 4 is 50.5 Å². The number of hydrogen-bond donors (Lipinski definition) is 1. The van der Waals surface area contributed by atoms with E-state index < -0.39 is 15.9 Å². The molecule has 3 rings (SSSR count). The largest absolute Gasteiger partial charge is 0.322 e. The number of amides is 1. The first-order valence-corrected chi connectivity index (χ1v) is 10.8. The minimum Gasteiger partial charge on any atom is -0.322 e. The summed E-state index contributed by atoms with van der Waals surface area (Å²) in [7, 11) is -2.36. The number of hydrogen-bond acceptors (Lipinski definition) is 3. The smallest absolute Gasteiger partial charge is 0.264 e. The molecule has 0 unspecified atom stereocenters. The highest BCUT2D eigenvalue weighted by Crippen LogP contribution is 2.25. The molecule has 0 spiro atoms. The van der Waals surface area contributed by atoms with Crippen molar-refractivity contribution < 1.29 is 13.2 Å². The Hall–Kier alpha value is -2.54. The molecule has 0 heterocycles. The summed E-state index contributed by atoms with van der Waals surface area (Å²) in [5, 5.41) is 3.43. The van der Waals surface area contributed by atoms with Crippen molar-refractivity contribution in [1.82, 2.24) is 0 Å². The Labute approximate surface area is 179 Å². The topological polar surface area (TPSA) is 66.5 Å². The van der Waals surface area contributed by atoms with Gasteiger partial charge in [-0.2, -0.15) is 0 Å². The van der Waals surface area contributed by atoms with Crippen molar-refractivity contribution in [3.8, 4) is 0 Å². The predicted octanol–water partition coefficient (Wildman–Crippen LogP) is 5.38. The number of halogens is 2. The number of carbonyl (C=O) groups excluding carboxylic acids is 1. The van der Waals surface area contributed by atoms with E-state index in [1.54, 1.807) is 30.3 Å². The highest BCUT2D eigenvalue weighted by molar-refractivity contribution is 7.92. The molecule has 5 nitrogen and oxygen atoms in total. The van der Waals surface area contributed by atoms with Crippen LogP contribution in [0.1, 0.15) is 15.9 Å². The summed E-state index contributed by atoms with van der Waals surface area (Å²) in [5.74, 6) is -0.474. The molecule has 0 fully saturated rings. The van der Waals surface area contributed by atoms with Gasteiger partial charge in [0.2, 0.25) is 0 Å². The van der Waals surface area contributed by atoms with Gasteiger partial charge in [0.15, 0.2) is 0 Å². The lowest BCUT2D eigenvalue weighted by Gasteiger charge is -2.20. The van der Waals surface area contributed by atoms with Crippen LogP contribution in [-0.4, -0.2) is 21.4 Å². The Morgan fingerprint density at radius 3 is 2.17 bits per heavy atom. The van der Waals surface area contributed by atoms with Gasteiger partial charge in [-0.15, -0.1) is 0 Å². The molecular formula is C21H18Cl2N2O3S. The van der Waals surface area contributed by atoms with Crippen LogP contribution in [0.15, 0.2) is 71.6 Å². The van der Waals surface area contributed by atoms with E-state index in [0.717, 1.165) is 5.56 Å². The SMILES string of the molecule is Cc1ccc(N(C)S(=O)(=O)c2cccc(C(=O)Nc3cc(Cl)cc(Cl)c3)c2)cc1. The molecule has 150 valence electrons. The van der Waals surface area contributed by atoms with Crippen molar-refractivity contribution in [1.29, 1.82) is 0 Å². The van der Waals surface area contributed by atoms with Crippen molar-refractivity contribution in [2.75, 3.05) is 16.7 Å². The van der Waals surface area contributed by atoms with Gasteiger partial charge in [0, 0.05) is 28.3 Å². The summed E-state index contributed by atoms with van der Waals surface area (Å²) in [6.45, 7) is 1.92. The summed E-state index contributed by atoms with van der Waals surface area (Å²) in [6.07, 6.45) is 0. The molecule has 1 N–H and O–H groups in total. The van der Waals surface area contributed by atoms with Crippen LogP contribution < -0.4 is 9.62 Å². The zero-order valence-electron chi connectivity index (χ0n) is 15.7. The van der Waals surface area contributed by atoms with E-state index >= 15 is 0 Å². The molecule has 3 aromatic rings. The molecule has 0 aliphatic rings. The van der Waals surface area contributed by atoms with Gasteiger partial charge in [0.1, 0.15) is 0 Å². The van der Waals surface area contributed by atoms with Gasteiger partial charge in [-0.25, -0.2) is 8.42 Å². The minimum absolute atomic E-state index is 0.0114. The van der Waals surface area contributed by atoms with Gasteiger partial charge >= 0.3 is 0 Å². The summed E-state index contributed by atoms with van der Waals surface area (Å²) in [6, 6.07) is 17.6. The summed E-state index contributed by atoms with van der Waals surface area (Å²) >= 11 is 11.9. The second kappa shape index (κ2) is 8.45. The third-order valence-corrected chi connectivity index (χ3v) is 6.49. The van der Waals surface area contributed by atoms with Crippen molar-refractivity contribution in [3.63, 3.8) is 0 Å². The van der Waals surface area contributed by atoms with Gasteiger partial charge in [0.25, 0.3) is 15.9 Å². The normalized spacial score (nSPS) is 11.2. The maximum atomic E-state index is 13.0. The van der Waals surface area contributed by atoms with E-state index in [2.05, 4.69) is 5.32 Å². The van der Waals surface area contributed by atoms with Gasteiger partial charge in [-0.1, -0.05) is 47.0 Å². The van der Waals surface area contributed by atoms with E-state index in [-0.39, 0.29) is 10.5 Å². The average Bonchev–Trinajstić information content (AvgIpc) is 2.67. The highest BCUT2D eigenvalue weighted by Gasteiger charge is 2.22. The number of aryl methyl sites for hydroxylation is 1. The summed E-state index contributed by atoms with van der Waals surface area (Å²) in [5.41, 5.74) is 2.16. The van der Waals surface area contributed by atoms with E-state index in [1.165, 1.54) is 35.6 Å². The molecule has 0 aliphatic heterocycles. The summed E-state index contributed by atoms with van der Waals surface area (Å²) in [4.78, 5) is 12.6. The van der Waals surface area contributed by atoms with Crippen molar-refractivity contribution in [2.24, 2.45) is 0 Å². The average molecular weight is 449 g/mol. The van der Waals surface area contributed by atoms with Crippen molar-refractivity contribution in [3.05, 3.63) is 87.9 Å². The number of benzene rings is 3. The Morgan fingerprint density at radius 2 is 1.55 bits per heavy atom. The molecule has 29 heavy (non-hydrogen) atoms. The molecule has 3 aromatic carbocycles. The number of sulfonamides is 1. The van der Waals surface area contributed by atoms with Crippen LogP contribution in [0.3, 0.4) is 0 Å². The maximum Gasteiger partial charge on any atom is 0.264 e. The van der Waals surface area contributed by atoms with E-state index in [1.807, 2.05) is 19.1 Å². The lowest BCUT2D eigenvalue weighted by Crippen LogP contribution is -2.26. The third kappa shape index (κ3) is 4.90. The van der Waals surface area contributed by atoms with Crippen LogP contribution in [0.25, 0.3) is 0 Å². The van der Waals surface area contributed by atoms with E-state index in [9.17, 15) is 13.2 Å². The summed E-state index contributed by atoms with van der Waals surface area (Å²) < 4.78 is 27.2. The molecular weight excluding hydrogens is 431 g/mol. The fourth-order valence-corrected chi connectivity index (χ4v) is 4.45. The lowest BCUT2D eigenvalue weighted by molar-refractivity contribution is 0.102. The first-order chi connectivity index (χ1) is 13.7. The molecule has 1 amide bonds. The monoisotopic (exact) mass is 448 g/mol. The quantitative estimate of drug-likeness (QED) is 0.569. The molecule has 0 atom stereocenters. The zero-order valence-corrected chi connectivity index (χ0v) is 18.0. The molecule has 0 saturated heterocycles. The van der Waals surface area contributed by atoms with Gasteiger partial charge in [-0.05, 0) is 55.5 Å². The lowest BCUT2D eigenvalue weighted by atomic mass is 10.2. The third-order valence-electron chi connectivity index (χ3n) is 4.27. The Balaban J connectivity index is 1.87. The van der Waals surface area contributed by atoms with Gasteiger partial charge < -0.3 is 5.32 Å². The molecule has 0 aromatic heterocycles. The second-order valence-corrected chi connectivity index (χ2v) is 9.29. The van der Waals surface area contributed by atoms with Gasteiger partial charge in [0.05, 0.1) is 10.6 Å². The Kier molecular flexibility index (Phi) is 6.17. The van der Waals surface area contributed by atoms with Crippen LogP contribution in [0.2, 0.25) is 10.0 Å². The van der Waals surface area contributed by atoms with Crippen LogP contribution in [0.4, 0.5) is 11.4 Å². The number of carbonyl (C=O) groups is 1. The number of nitrogens with zero attached hydrogens (tertiary/aromatic N) is 1. The van der Waals surface area contributed by atoms with Crippen LogP contribution >= 0.6 is 23.2 Å². The van der Waals surface area contributed by atoms with Crippen LogP contribution in [0, 0.1) is 6.92 Å². The Bertz CT molecular complexity index is 1140. The molecule has 0 radical (unpaired) electrons. The second-order valence-electron chi connectivity index (χ2n) is 6.45. The van der Waals surface area contributed by atoms with Crippen molar-refractivity contribution in [2.45, 2.75) is 11.8 Å². The van der Waals surface area contributed by atoms with E-state index in [0.29, 0.717) is 21.4 Å². The minimum atomic E-state index is -3.84. The first-order valence-electron chi connectivity index (χ1n) is 8.60. The van der Waals surface area contributed by atoms with Crippen LogP contribution in [-0.2, 0) is 10.0 Å². The highest BCUT2D eigenvalue weighted by atomic mass is 35.5. The number of rotatable bonds is 5. The molecule has 8 heteroatoms. The van der Waals surface area contributed by atoms with Crippen LogP contribution in [0.5, 0.6) is 0 Å².